The molecular formula is C27H20ClN3O2S. The molecule has 0 aromatic heterocycles. The smallest absolute Gasteiger partial charge is 0.257 e. The van der Waals surface area contributed by atoms with E-state index in [9.17, 15) is 9.59 Å². The number of carbonyl (C=O) groups excluding carboxylic acids is 2. The highest BCUT2D eigenvalue weighted by molar-refractivity contribution is 7.80. The Kier molecular flexibility index (Phi) is 7.32. The number of hydrogen-bond acceptors (Lipinski definition) is 3. The van der Waals surface area contributed by atoms with E-state index in [1.807, 2.05) is 42.5 Å². The topological polar surface area (TPSA) is 70.2 Å². The monoisotopic (exact) mass is 485 g/mol. The molecule has 4 rings (SSSR count). The summed E-state index contributed by atoms with van der Waals surface area (Å²) in [5.41, 5.74) is 4.17. The highest BCUT2D eigenvalue weighted by Crippen LogP contribution is 2.20. The number of anilines is 2. The molecule has 0 aliphatic heterocycles. The molecule has 0 radical (unpaired) electrons. The van der Waals surface area contributed by atoms with Crippen LogP contribution in [-0.2, 0) is 0 Å². The van der Waals surface area contributed by atoms with E-state index >= 15 is 0 Å². The van der Waals surface area contributed by atoms with E-state index in [0.29, 0.717) is 27.5 Å². The fraction of sp³-hybridized carbons (Fsp3) is 0. The van der Waals surface area contributed by atoms with Gasteiger partial charge < -0.3 is 10.6 Å². The van der Waals surface area contributed by atoms with Gasteiger partial charge in [-0.25, -0.2) is 0 Å². The van der Waals surface area contributed by atoms with E-state index in [2.05, 4.69) is 16.0 Å². The van der Waals surface area contributed by atoms with Crippen LogP contribution < -0.4 is 16.0 Å². The molecule has 168 valence electrons. The first-order valence-corrected chi connectivity index (χ1v) is 11.2. The van der Waals surface area contributed by atoms with Gasteiger partial charge in [0.1, 0.15) is 0 Å². The zero-order chi connectivity index (χ0) is 23.9. The third-order valence-corrected chi connectivity index (χ3v) is 5.39. The van der Waals surface area contributed by atoms with Gasteiger partial charge in [-0.3, -0.25) is 14.9 Å². The van der Waals surface area contributed by atoms with Crippen molar-refractivity contribution in [3.8, 4) is 11.1 Å². The van der Waals surface area contributed by atoms with Crippen LogP contribution in [0.2, 0.25) is 5.02 Å². The standard InChI is InChI=1S/C27H20ClN3O2S/c28-22-9-5-11-24(17-22)29-26(33)21-8-4-10-23(16-21)30-27(34)31-25(32)20-14-12-19(13-15-20)18-6-2-1-3-7-18/h1-17H,(H,29,33)(H2,30,31,32,34). The van der Waals surface area contributed by atoms with Gasteiger partial charge in [-0.2, -0.15) is 0 Å². The van der Waals surface area contributed by atoms with Crippen molar-refractivity contribution in [3.05, 3.63) is 119 Å². The molecule has 4 aromatic carbocycles. The lowest BCUT2D eigenvalue weighted by Crippen LogP contribution is -2.34. The van der Waals surface area contributed by atoms with Crippen LogP contribution in [0.4, 0.5) is 11.4 Å². The molecule has 34 heavy (non-hydrogen) atoms. The quantitative estimate of drug-likeness (QED) is 0.286. The van der Waals surface area contributed by atoms with Gasteiger partial charge in [-0.05, 0) is 71.9 Å². The number of rotatable bonds is 5. The van der Waals surface area contributed by atoms with Crippen LogP contribution in [0, 0.1) is 0 Å². The lowest BCUT2D eigenvalue weighted by molar-refractivity contribution is 0.0976. The zero-order valence-electron chi connectivity index (χ0n) is 17.9. The second kappa shape index (κ2) is 10.7. The van der Waals surface area contributed by atoms with E-state index in [1.165, 1.54) is 0 Å². The molecule has 0 bridgehead atoms. The van der Waals surface area contributed by atoms with Crippen molar-refractivity contribution in [3.63, 3.8) is 0 Å². The molecule has 5 nitrogen and oxygen atoms in total. The SMILES string of the molecule is O=C(NC(=S)Nc1cccc(C(=O)Nc2cccc(Cl)c2)c1)c1ccc(-c2ccccc2)cc1. The van der Waals surface area contributed by atoms with Crippen molar-refractivity contribution in [1.29, 1.82) is 0 Å². The molecule has 0 unspecified atom stereocenters. The number of benzene rings is 4. The molecule has 0 aliphatic carbocycles. The summed E-state index contributed by atoms with van der Waals surface area (Å²) in [5.74, 6) is -0.619. The van der Waals surface area contributed by atoms with E-state index in [4.69, 9.17) is 23.8 Å². The maximum atomic E-state index is 12.6. The number of nitrogens with one attached hydrogen (secondary N) is 3. The molecule has 0 saturated heterocycles. The first-order chi connectivity index (χ1) is 16.5. The van der Waals surface area contributed by atoms with Crippen molar-refractivity contribution in [2.75, 3.05) is 10.6 Å². The number of amides is 2. The zero-order valence-corrected chi connectivity index (χ0v) is 19.5. The fourth-order valence-electron chi connectivity index (χ4n) is 3.29. The Morgan fingerprint density at radius 2 is 1.26 bits per heavy atom. The number of halogens is 1. The maximum Gasteiger partial charge on any atom is 0.257 e. The molecule has 2 amide bonds. The Labute approximate surface area is 207 Å². The van der Waals surface area contributed by atoms with Crippen LogP contribution in [0.5, 0.6) is 0 Å². The lowest BCUT2D eigenvalue weighted by atomic mass is 10.0. The summed E-state index contributed by atoms with van der Waals surface area (Å²) < 4.78 is 0. The van der Waals surface area contributed by atoms with Crippen molar-refractivity contribution in [2.45, 2.75) is 0 Å². The minimum absolute atomic E-state index is 0.129. The molecule has 4 aromatic rings. The van der Waals surface area contributed by atoms with Crippen LogP contribution in [0.15, 0.2) is 103 Å². The van der Waals surface area contributed by atoms with E-state index < -0.39 is 0 Å². The number of carbonyl (C=O) groups is 2. The minimum Gasteiger partial charge on any atom is -0.332 e. The highest BCUT2D eigenvalue weighted by Gasteiger charge is 2.11. The lowest BCUT2D eigenvalue weighted by Gasteiger charge is -2.11. The Bertz CT molecular complexity index is 1340. The van der Waals surface area contributed by atoms with Gasteiger partial charge in [0, 0.05) is 27.5 Å². The number of thiocarbonyl (C=S) groups is 1. The van der Waals surface area contributed by atoms with Gasteiger partial charge in [-0.15, -0.1) is 0 Å². The molecule has 0 aliphatic rings. The van der Waals surface area contributed by atoms with Gasteiger partial charge in [0.05, 0.1) is 0 Å². The largest absolute Gasteiger partial charge is 0.332 e. The van der Waals surface area contributed by atoms with E-state index in [1.54, 1.807) is 60.7 Å². The summed E-state index contributed by atoms with van der Waals surface area (Å²) >= 11 is 11.3. The summed E-state index contributed by atoms with van der Waals surface area (Å²) in [6, 6.07) is 30.9. The molecular weight excluding hydrogens is 466 g/mol. The third-order valence-electron chi connectivity index (χ3n) is 4.95. The van der Waals surface area contributed by atoms with Crippen molar-refractivity contribution in [1.82, 2.24) is 5.32 Å². The van der Waals surface area contributed by atoms with Crippen molar-refractivity contribution >= 4 is 52.1 Å². The predicted molar refractivity (Wildman–Crippen MR) is 141 cm³/mol. The molecule has 0 atom stereocenters. The van der Waals surface area contributed by atoms with Gasteiger partial charge in [0.2, 0.25) is 0 Å². The summed E-state index contributed by atoms with van der Waals surface area (Å²) in [7, 11) is 0. The number of hydrogen-bond donors (Lipinski definition) is 3. The Balaban J connectivity index is 1.36. The second-order valence-electron chi connectivity index (χ2n) is 7.40. The van der Waals surface area contributed by atoms with Crippen LogP contribution in [0.25, 0.3) is 11.1 Å². The molecule has 7 heteroatoms. The van der Waals surface area contributed by atoms with Crippen LogP contribution in [0.3, 0.4) is 0 Å². The Morgan fingerprint density at radius 3 is 1.97 bits per heavy atom. The molecule has 0 saturated carbocycles. The minimum atomic E-state index is -0.327. The normalized spacial score (nSPS) is 10.3. The summed E-state index contributed by atoms with van der Waals surface area (Å²) in [6.45, 7) is 0. The average Bonchev–Trinajstić information content (AvgIpc) is 2.85. The van der Waals surface area contributed by atoms with Crippen LogP contribution in [-0.4, -0.2) is 16.9 Å². The fourth-order valence-corrected chi connectivity index (χ4v) is 3.69. The van der Waals surface area contributed by atoms with Crippen molar-refractivity contribution < 1.29 is 9.59 Å². The van der Waals surface area contributed by atoms with Crippen LogP contribution in [0.1, 0.15) is 20.7 Å². The molecule has 0 fully saturated rings. The van der Waals surface area contributed by atoms with Gasteiger partial charge in [0.15, 0.2) is 5.11 Å². The second-order valence-corrected chi connectivity index (χ2v) is 8.24. The third kappa shape index (κ3) is 6.07. The maximum absolute atomic E-state index is 12.6. The molecule has 0 heterocycles. The van der Waals surface area contributed by atoms with E-state index in [-0.39, 0.29) is 16.9 Å². The van der Waals surface area contributed by atoms with Gasteiger partial charge >= 0.3 is 0 Å². The summed E-state index contributed by atoms with van der Waals surface area (Å²) in [5, 5.41) is 9.07. The first-order valence-electron chi connectivity index (χ1n) is 10.4. The Morgan fingerprint density at radius 1 is 0.618 bits per heavy atom. The van der Waals surface area contributed by atoms with Crippen LogP contribution >= 0.6 is 23.8 Å². The molecule has 0 spiro atoms. The Hall–Kier alpha value is -4.00. The summed E-state index contributed by atoms with van der Waals surface area (Å²) in [6.07, 6.45) is 0. The van der Waals surface area contributed by atoms with E-state index in [0.717, 1.165) is 11.1 Å². The highest BCUT2D eigenvalue weighted by atomic mass is 35.5. The molecule has 3 N–H and O–H groups in total. The van der Waals surface area contributed by atoms with Gasteiger partial charge in [-0.1, -0.05) is 66.2 Å². The van der Waals surface area contributed by atoms with Gasteiger partial charge in [0.25, 0.3) is 11.8 Å². The average molecular weight is 486 g/mol. The summed E-state index contributed by atoms with van der Waals surface area (Å²) in [4.78, 5) is 25.2. The van der Waals surface area contributed by atoms with Crippen molar-refractivity contribution in [2.24, 2.45) is 0 Å². The predicted octanol–water partition coefficient (Wildman–Crippen LogP) is 6.39. The first kappa shape index (κ1) is 23.2.